The van der Waals surface area contributed by atoms with Crippen LogP contribution in [0.2, 0.25) is 0 Å². The molecule has 3 rings (SSSR count). The van der Waals surface area contributed by atoms with E-state index in [0.29, 0.717) is 10.8 Å². The normalized spacial score (nSPS) is 11.4. The van der Waals surface area contributed by atoms with Crippen molar-refractivity contribution < 1.29 is 18.0 Å². The lowest BCUT2D eigenvalue weighted by Crippen LogP contribution is -2.43. The first-order chi connectivity index (χ1) is 11.0. The van der Waals surface area contributed by atoms with Crippen molar-refractivity contribution in [1.82, 2.24) is 0 Å². The van der Waals surface area contributed by atoms with E-state index in [4.69, 9.17) is 0 Å². The van der Waals surface area contributed by atoms with Crippen LogP contribution in [0.5, 0.6) is 0 Å². The largest absolute Gasteiger partial charge is 0.491 e. The fourth-order valence-electron chi connectivity index (χ4n) is 2.49. The van der Waals surface area contributed by atoms with E-state index in [1.165, 1.54) is 30.3 Å². The van der Waals surface area contributed by atoms with E-state index in [2.05, 4.69) is 0 Å². The van der Waals surface area contributed by atoms with Crippen LogP contribution in [0.15, 0.2) is 72.8 Å². The van der Waals surface area contributed by atoms with E-state index in [1.54, 1.807) is 42.5 Å². The van der Waals surface area contributed by atoms with Crippen molar-refractivity contribution in [3.63, 3.8) is 0 Å². The first-order valence-corrected chi connectivity index (χ1v) is 6.92. The van der Waals surface area contributed by atoms with Gasteiger partial charge >= 0.3 is 6.30 Å². The van der Waals surface area contributed by atoms with Crippen LogP contribution in [0, 0.1) is 0 Å². The summed E-state index contributed by atoms with van der Waals surface area (Å²) in [5.74, 6) is -1.10. The summed E-state index contributed by atoms with van der Waals surface area (Å²) in [4.78, 5) is 12.5. The topological polar surface area (TPSA) is 20.3 Å². The molecule has 0 aromatic heterocycles. The summed E-state index contributed by atoms with van der Waals surface area (Å²) < 4.78 is 40.3. The highest BCUT2D eigenvalue weighted by Gasteiger charge is 2.42. The Morgan fingerprint density at radius 3 is 2.09 bits per heavy atom. The SMILES string of the molecule is O=C(c1cccc2ccccc12)N(c1ccccc1)C(F)(F)F. The molecule has 0 saturated carbocycles. The third kappa shape index (κ3) is 2.90. The van der Waals surface area contributed by atoms with Gasteiger partial charge in [-0.15, -0.1) is 13.2 Å². The van der Waals surface area contributed by atoms with Gasteiger partial charge in [0.2, 0.25) is 0 Å². The Bertz CT molecular complexity index is 838. The maximum absolute atomic E-state index is 13.4. The summed E-state index contributed by atoms with van der Waals surface area (Å²) in [6, 6.07) is 18.7. The van der Waals surface area contributed by atoms with Crippen molar-refractivity contribution in [3.05, 3.63) is 78.4 Å². The molecular formula is C18H12F3NO. The second kappa shape index (κ2) is 5.76. The van der Waals surface area contributed by atoms with Crippen LogP contribution in [-0.2, 0) is 0 Å². The number of halogens is 3. The lowest BCUT2D eigenvalue weighted by atomic mass is 10.0. The average molecular weight is 315 g/mol. The molecular weight excluding hydrogens is 303 g/mol. The molecule has 0 fully saturated rings. The molecule has 0 saturated heterocycles. The van der Waals surface area contributed by atoms with Gasteiger partial charge in [0.25, 0.3) is 5.91 Å². The molecule has 2 nitrogen and oxygen atoms in total. The maximum Gasteiger partial charge on any atom is 0.491 e. The van der Waals surface area contributed by atoms with E-state index >= 15 is 0 Å². The van der Waals surface area contributed by atoms with Crippen molar-refractivity contribution in [1.29, 1.82) is 0 Å². The predicted molar refractivity (Wildman–Crippen MR) is 83.3 cm³/mol. The highest BCUT2D eigenvalue weighted by atomic mass is 19.4. The third-order valence-electron chi connectivity index (χ3n) is 3.49. The van der Waals surface area contributed by atoms with Gasteiger partial charge in [0.1, 0.15) is 0 Å². The first kappa shape index (κ1) is 15.1. The van der Waals surface area contributed by atoms with Gasteiger partial charge in [0.15, 0.2) is 0 Å². The van der Waals surface area contributed by atoms with E-state index < -0.39 is 12.2 Å². The molecule has 116 valence electrons. The van der Waals surface area contributed by atoms with Crippen molar-refractivity contribution >= 4 is 22.4 Å². The quantitative estimate of drug-likeness (QED) is 0.609. The number of hydrogen-bond acceptors (Lipinski definition) is 1. The molecule has 1 amide bonds. The van der Waals surface area contributed by atoms with E-state index in [9.17, 15) is 18.0 Å². The molecule has 0 bridgehead atoms. The molecule has 0 unspecified atom stereocenters. The molecule has 0 N–H and O–H groups in total. The molecule has 0 spiro atoms. The number of amides is 1. The number of carbonyl (C=O) groups excluding carboxylic acids is 1. The highest BCUT2D eigenvalue weighted by molar-refractivity contribution is 6.14. The van der Waals surface area contributed by atoms with Crippen LogP contribution < -0.4 is 4.90 Å². The van der Waals surface area contributed by atoms with Gasteiger partial charge in [0.05, 0.1) is 5.69 Å². The zero-order chi connectivity index (χ0) is 16.4. The summed E-state index contributed by atoms with van der Waals surface area (Å²) in [6.07, 6.45) is -4.81. The highest BCUT2D eigenvalue weighted by Crippen LogP contribution is 2.31. The molecule has 0 radical (unpaired) electrons. The Kier molecular flexibility index (Phi) is 3.78. The zero-order valence-electron chi connectivity index (χ0n) is 11.9. The fourth-order valence-corrected chi connectivity index (χ4v) is 2.49. The fraction of sp³-hybridized carbons (Fsp3) is 0.0556. The van der Waals surface area contributed by atoms with Gasteiger partial charge in [-0.1, -0.05) is 54.6 Å². The number of para-hydroxylation sites is 1. The van der Waals surface area contributed by atoms with Gasteiger partial charge in [0, 0.05) is 5.56 Å². The van der Waals surface area contributed by atoms with E-state index in [1.807, 2.05) is 0 Å². The number of alkyl halides is 3. The lowest BCUT2D eigenvalue weighted by molar-refractivity contribution is -0.122. The van der Waals surface area contributed by atoms with E-state index in [-0.39, 0.29) is 16.2 Å². The summed E-state index contributed by atoms with van der Waals surface area (Å²) in [5.41, 5.74) is -0.192. The lowest BCUT2D eigenvalue weighted by Gasteiger charge is -2.25. The first-order valence-electron chi connectivity index (χ1n) is 6.92. The number of fused-ring (bicyclic) bond motifs is 1. The van der Waals surface area contributed by atoms with Crippen molar-refractivity contribution in [2.24, 2.45) is 0 Å². The summed E-state index contributed by atoms with van der Waals surface area (Å²) in [7, 11) is 0. The van der Waals surface area contributed by atoms with Gasteiger partial charge in [-0.2, -0.15) is 0 Å². The van der Waals surface area contributed by atoms with Gasteiger partial charge in [-0.05, 0) is 29.0 Å². The number of carbonyl (C=O) groups is 1. The van der Waals surface area contributed by atoms with Crippen molar-refractivity contribution in [2.45, 2.75) is 6.30 Å². The molecule has 0 aliphatic carbocycles. The molecule has 3 aromatic rings. The Labute approximate surface area is 130 Å². The molecule has 0 atom stereocenters. The number of anilines is 1. The smallest absolute Gasteiger partial charge is 0.268 e. The van der Waals surface area contributed by atoms with Crippen LogP contribution in [0.3, 0.4) is 0 Å². The van der Waals surface area contributed by atoms with Gasteiger partial charge in [-0.25, -0.2) is 4.90 Å². The molecule has 23 heavy (non-hydrogen) atoms. The van der Waals surface area contributed by atoms with Gasteiger partial charge in [-0.3, -0.25) is 4.79 Å². The van der Waals surface area contributed by atoms with Crippen molar-refractivity contribution in [2.75, 3.05) is 4.90 Å². The Balaban J connectivity index is 2.15. The van der Waals surface area contributed by atoms with Crippen molar-refractivity contribution in [3.8, 4) is 0 Å². The van der Waals surface area contributed by atoms with Crippen LogP contribution >= 0.6 is 0 Å². The molecule has 0 heterocycles. The monoisotopic (exact) mass is 315 g/mol. The Morgan fingerprint density at radius 2 is 1.39 bits per heavy atom. The minimum Gasteiger partial charge on any atom is -0.268 e. The average Bonchev–Trinajstić information content (AvgIpc) is 2.54. The summed E-state index contributed by atoms with van der Waals surface area (Å²) >= 11 is 0. The molecule has 0 aliphatic heterocycles. The predicted octanol–water partition coefficient (Wildman–Crippen LogP) is 5.01. The standard InChI is InChI=1S/C18H12F3NO/c19-18(20,21)22(14-9-2-1-3-10-14)17(23)16-12-6-8-13-7-4-5-11-15(13)16/h1-12H. The Morgan fingerprint density at radius 1 is 0.783 bits per heavy atom. The summed E-state index contributed by atoms with van der Waals surface area (Å²) in [5, 5.41) is 1.21. The third-order valence-corrected chi connectivity index (χ3v) is 3.49. The number of rotatable bonds is 2. The molecule has 3 aromatic carbocycles. The van der Waals surface area contributed by atoms with Crippen LogP contribution in [0.4, 0.5) is 18.9 Å². The van der Waals surface area contributed by atoms with E-state index in [0.717, 1.165) is 0 Å². The second-order valence-corrected chi connectivity index (χ2v) is 4.97. The molecule has 5 heteroatoms. The van der Waals surface area contributed by atoms with Crippen LogP contribution in [0.1, 0.15) is 10.4 Å². The minimum atomic E-state index is -4.81. The van der Waals surface area contributed by atoms with Crippen LogP contribution in [-0.4, -0.2) is 12.2 Å². The Hall–Kier alpha value is -2.82. The number of benzene rings is 3. The minimum absolute atomic E-state index is 0.0179. The number of nitrogens with zero attached hydrogens (tertiary/aromatic N) is 1. The van der Waals surface area contributed by atoms with Gasteiger partial charge < -0.3 is 0 Å². The second-order valence-electron chi connectivity index (χ2n) is 4.97. The molecule has 0 aliphatic rings. The maximum atomic E-state index is 13.4. The van der Waals surface area contributed by atoms with Crippen LogP contribution in [0.25, 0.3) is 10.8 Å². The summed E-state index contributed by atoms with van der Waals surface area (Å²) in [6.45, 7) is 0. The number of hydrogen-bond donors (Lipinski definition) is 0. The zero-order valence-corrected chi connectivity index (χ0v) is 11.9.